The van der Waals surface area contributed by atoms with Crippen LogP contribution in [0.5, 0.6) is 0 Å². The Morgan fingerprint density at radius 1 is 1.16 bits per heavy atom. The topological polar surface area (TPSA) is 83.8 Å². The molecule has 0 aliphatic carbocycles. The first-order valence-corrected chi connectivity index (χ1v) is 10.6. The maximum Gasteiger partial charge on any atom is 0.307 e. The molecule has 0 atom stereocenters. The summed E-state index contributed by atoms with van der Waals surface area (Å²) in [5.41, 5.74) is 4.09. The molecule has 6 nitrogen and oxygen atoms in total. The van der Waals surface area contributed by atoms with Crippen LogP contribution in [0.2, 0.25) is 5.02 Å². The summed E-state index contributed by atoms with van der Waals surface area (Å²) in [4.78, 5) is 18.6. The second-order valence-corrected chi connectivity index (χ2v) is 7.89. The van der Waals surface area contributed by atoms with Gasteiger partial charge in [-0.2, -0.15) is 5.10 Å². The van der Waals surface area contributed by atoms with Crippen LogP contribution in [-0.2, 0) is 30.6 Å². The van der Waals surface area contributed by atoms with E-state index in [0.29, 0.717) is 46.4 Å². The minimum absolute atomic E-state index is 0.0308. The molecule has 2 aromatic heterocycles. The van der Waals surface area contributed by atoms with Crippen molar-refractivity contribution in [2.24, 2.45) is 0 Å². The average Bonchev–Trinajstić information content (AvgIpc) is 3.29. The van der Waals surface area contributed by atoms with E-state index in [9.17, 15) is 18.7 Å². The molecule has 0 bridgehead atoms. The van der Waals surface area contributed by atoms with E-state index in [4.69, 9.17) is 11.6 Å². The molecular weight excluding hydrogens is 438 g/mol. The monoisotopic (exact) mass is 458 g/mol. The number of imidazole rings is 1. The molecule has 0 fully saturated rings. The Balaban J connectivity index is 1.66. The number of hydrogen-bond acceptors (Lipinski definition) is 3. The summed E-state index contributed by atoms with van der Waals surface area (Å²) < 4.78 is 30.4. The van der Waals surface area contributed by atoms with Crippen molar-refractivity contribution < 1.29 is 18.7 Å². The number of aromatic amines is 1. The third-order valence-corrected chi connectivity index (χ3v) is 5.71. The molecule has 4 rings (SSSR count). The summed E-state index contributed by atoms with van der Waals surface area (Å²) in [6, 6.07) is 7.40. The Morgan fingerprint density at radius 3 is 2.59 bits per heavy atom. The number of carboxylic acid groups (broad SMARTS) is 1. The lowest BCUT2D eigenvalue weighted by Crippen LogP contribution is -2.09. The highest BCUT2D eigenvalue weighted by molar-refractivity contribution is 6.31. The number of aliphatic carboxylic acids is 1. The van der Waals surface area contributed by atoms with Gasteiger partial charge in [-0.15, -0.1) is 0 Å². The van der Waals surface area contributed by atoms with Crippen LogP contribution in [0.25, 0.3) is 22.4 Å². The Labute approximate surface area is 187 Å². The van der Waals surface area contributed by atoms with Crippen LogP contribution in [0.3, 0.4) is 0 Å². The number of nitrogens with one attached hydrogen (secondary N) is 1. The van der Waals surface area contributed by atoms with Crippen LogP contribution in [0.15, 0.2) is 30.3 Å². The highest BCUT2D eigenvalue weighted by Crippen LogP contribution is 2.27. The number of carbonyl (C=O) groups is 1. The zero-order chi connectivity index (χ0) is 23.0. The minimum Gasteiger partial charge on any atom is -0.481 e. The van der Waals surface area contributed by atoms with Gasteiger partial charge in [0.2, 0.25) is 0 Å². The van der Waals surface area contributed by atoms with Gasteiger partial charge in [-0.3, -0.25) is 9.48 Å². The highest BCUT2D eigenvalue weighted by Gasteiger charge is 2.19. The number of aryl methyl sites for hydroxylation is 1. The van der Waals surface area contributed by atoms with Crippen molar-refractivity contribution in [1.29, 1.82) is 0 Å². The second-order valence-electron chi connectivity index (χ2n) is 7.48. The molecule has 0 spiro atoms. The molecule has 0 aliphatic rings. The number of rotatable bonds is 7. The van der Waals surface area contributed by atoms with Gasteiger partial charge in [0.1, 0.15) is 17.5 Å². The number of fused-ring (bicyclic) bond motifs is 1. The van der Waals surface area contributed by atoms with Crippen molar-refractivity contribution in [2.75, 3.05) is 0 Å². The van der Waals surface area contributed by atoms with Gasteiger partial charge in [-0.1, -0.05) is 37.6 Å². The number of carboxylic acids is 1. The number of hydrogen-bond donors (Lipinski definition) is 2. The van der Waals surface area contributed by atoms with E-state index in [-0.39, 0.29) is 18.0 Å². The summed E-state index contributed by atoms with van der Waals surface area (Å²) in [6.07, 6.45) is 1.08. The smallest absolute Gasteiger partial charge is 0.307 e. The molecule has 0 amide bonds. The predicted octanol–water partition coefficient (Wildman–Crippen LogP) is 5.16. The molecule has 32 heavy (non-hydrogen) atoms. The lowest BCUT2D eigenvalue weighted by molar-refractivity contribution is -0.136. The largest absolute Gasteiger partial charge is 0.481 e. The number of H-pyrrole nitrogens is 1. The molecular formula is C23H21ClF2N4O2. The summed E-state index contributed by atoms with van der Waals surface area (Å²) in [6.45, 7) is 4.02. The fourth-order valence-corrected chi connectivity index (χ4v) is 4.04. The van der Waals surface area contributed by atoms with E-state index in [2.05, 4.69) is 15.1 Å². The molecule has 2 N–H and O–H groups in total. The fourth-order valence-electron chi connectivity index (χ4n) is 3.88. The van der Waals surface area contributed by atoms with E-state index in [1.165, 1.54) is 18.2 Å². The Kier molecular flexibility index (Phi) is 5.97. The molecule has 2 aromatic carbocycles. The van der Waals surface area contributed by atoms with E-state index < -0.39 is 17.6 Å². The molecule has 166 valence electrons. The first kappa shape index (κ1) is 22.0. The molecule has 0 radical (unpaired) electrons. The summed E-state index contributed by atoms with van der Waals surface area (Å²) >= 11 is 5.81. The van der Waals surface area contributed by atoms with Gasteiger partial charge in [0.05, 0.1) is 34.7 Å². The van der Waals surface area contributed by atoms with Gasteiger partial charge in [0, 0.05) is 28.5 Å². The molecule has 0 saturated carbocycles. The zero-order valence-electron chi connectivity index (χ0n) is 17.5. The number of nitrogens with zero attached hydrogens (tertiary/aromatic N) is 3. The van der Waals surface area contributed by atoms with Gasteiger partial charge in [-0.05, 0) is 25.0 Å². The molecule has 0 unspecified atom stereocenters. The van der Waals surface area contributed by atoms with Crippen LogP contribution in [0.4, 0.5) is 8.78 Å². The van der Waals surface area contributed by atoms with Gasteiger partial charge < -0.3 is 10.1 Å². The number of benzene rings is 2. The van der Waals surface area contributed by atoms with Gasteiger partial charge >= 0.3 is 5.97 Å². The van der Waals surface area contributed by atoms with Crippen LogP contribution < -0.4 is 0 Å². The van der Waals surface area contributed by atoms with Gasteiger partial charge in [0.15, 0.2) is 0 Å². The lowest BCUT2D eigenvalue weighted by Gasteiger charge is -2.09. The third kappa shape index (κ3) is 4.10. The average molecular weight is 459 g/mol. The lowest BCUT2D eigenvalue weighted by atomic mass is 10.1. The van der Waals surface area contributed by atoms with Crippen LogP contribution in [0.1, 0.15) is 36.4 Å². The maximum absolute atomic E-state index is 15.0. The van der Waals surface area contributed by atoms with Crippen molar-refractivity contribution >= 4 is 28.6 Å². The SMILES string of the molecule is CCc1nn(Cc2ccc(-c3nc4cc(Cl)c(F)cc4[nH]3)cc2F)c(CC)c1CC(=O)O. The van der Waals surface area contributed by atoms with Crippen molar-refractivity contribution in [2.45, 2.75) is 39.7 Å². The summed E-state index contributed by atoms with van der Waals surface area (Å²) in [5, 5.41) is 13.7. The van der Waals surface area contributed by atoms with E-state index in [1.54, 1.807) is 16.8 Å². The first-order chi connectivity index (χ1) is 15.3. The number of halogens is 3. The van der Waals surface area contributed by atoms with E-state index in [1.807, 2.05) is 13.8 Å². The zero-order valence-corrected chi connectivity index (χ0v) is 18.3. The normalized spacial score (nSPS) is 11.4. The second kappa shape index (κ2) is 8.70. The summed E-state index contributed by atoms with van der Waals surface area (Å²) in [7, 11) is 0. The molecule has 2 heterocycles. The molecule has 0 aliphatic heterocycles. The molecule has 9 heteroatoms. The van der Waals surface area contributed by atoms with E-state index in [0.717, 1.165) is 11.4 Å². The minimum atomic E-state index is -0.920. The van der Waals surface area contributed by atoms with Crippen molar-refractivity contribution in [3.63, 3.8) is 0 Å². The van der Waals surface area contributed by atoms with Crippen LogP contribution >= 0.6 is 11.6 Å². The molecule has 4 aromatic rings. The van der Waals surface area contributed by atoms with Gasteiger partial charge in [0.25, 0.3) is 0 Å². The molecule has 0 saturated heterocycles. The first-order valence-electron chi connectivity index (χ1n) is 10.2. The van der Waals surface area contributed by atoms with Gasteiger partial charge in [-0.25, -0.2) is 13.8 Å². The maximum atomic E-state index is 15.0. The van der Waals surface area contributed by atoms with Crippen molar-refractivity contribution in [3.05, 3.63) is 69.5 Å². The number of aromatic nitrogens is 4. The quantitative estimate of drug-likeness (QED) is 0.400. The highest BCUT2D eigenvalue weighted by atomic mass is 35.5. The van der Waals surface area contributed by atoms with E-state index >= 15 is 0 Å². The van der Waals surface area contributed by atoms with Crippen LogP contribution in [0, 0.1) is 11.6 Å². The van der Waals surface area contributed by atoms with Crippen molar-refractivity contribution in [3.8, 4) is 11.4 Å². The Bertz CT molecular complexity index is 1290. The fraction of sp³-hybridized carbons (Fsp3) is 0.261. The van der Waals surface area contributed by atoms with Crippen molar-refractivity contribution in [1.82, 2.24) is 19.7 Å². The van der Waals surface area contributed by atoms with Crippen LogP contribution in [-0.4, -0.2) is 30.8 Å². The Morgan fingerprint density at radius 2 is 1.94 bits per heavy atom. The summed E-state index contributed by atoms with van der Waals surface area (Å²) in [5.74, 6) is -1.52. The predicted molar refractivity (Wildman–Crippen MR) is 118 cm³/mol. The Hall–Kier alpha value is -3.26. The standard InChI is InChI=1S/C23H21ClF2N4O2/c1-3-18-14(8-22(31)32)21(4-2)30(29-18)11-13-6-5-12(7-16(13)25)23-27-19-9-15(24)17(26)10-20(19)28-23/h5-7,9-10H,3-4,8,11H2,1-2H3,(H,27,28)(H,31,32). The third-order valence-electron chi connectivity index (χ3n) is 5.42.